The number of ether oxygens (including phenoxy) is 1. The molecule has 1 aromatic rings. The van der Waals surface area contributed by atoms with Gasteiger partial charge in [0.2, 0.25) is 0 Å². The second kappa shape index (κ2) is 4.45. The summed E-state index contributed by atoms with van der Waals surface area (Å²) < 4.78 is 5.22. The van der Waals surface area contributed by atoms with E-state index >= 15 is 0 Å². The van der Waals surface area contributed by atoms with Crippen LogP contribution in [0.1, 0.15) is 22.8 Å². The van der Waals surface area contributed by atoms with E-state index in [0.29, 0.717) is 17.9 Å². The summed E-state index contributed by atoms with van der Waals surface area (Å²) >= 11 is 0. The molecule has 0 aliphatic carbocycles. The molecule has 0 radical (unpaired) electrons. The third-order valence-electron chi connectivity index (χ3n) is 1.71. The fourth-order valence-corrected chi connectivity index (χ4v) is 1.11. The Balaban J connectivity index is 2.98. The molecule has 0 aromatic heterocycles. The largest absolute Gasteiger partial charge is 0.494 e. The van der Waals surface area contributed by atoms with Gasteiger partial charge in [-0.2, -0.15) is 0 Å². The van der Waals surface area contributed by atoms with Crippen LogP contribution in [0.25, 0.3) is 5.76 Å². The summed E-state index contributed by atoms with van der Waals surface area (Å²) in [6.45, 7) is 6.19. The van der Waals surface area contributed by atoms with Crippen LogP contribution in [0.3, 0.4) is 0 Å². The average molecular weight is 176 g/mol. The first-order valence-corrected chi connectivity index (χ1v) is 4.16. The Labute approximate surface area is 77.8 Å². The predicted octanol–water partition coefficient (Wildman–Crippen LogP) is 2.51. The Morgan fingerprint density at radius 3 is 2.85 bits per heavy atom. The van der Waals surface area contributed by atoms with Crippen molar-refractivity contribution in [3.8, 4) is 0 Å². The maximum atomic E-state index is 10.6. The fourth-order valence-electron chi connectivity index (χ4n) is 1.11. The fraction of sp³-hybridized carbons (Fsp3) is 0.182. The van der Waals surface area contributed by atoms with Crippen molar-refractivity contribution < 1.29 is 9.53 Å². The van der Waals surface area contributed by atoms with Crippen LogP contribution < -0.4 is 0 Å². The van der Waals surface area contributed by atoms with E-state index in [1.165, 1.54) is 0 Å². The van der Waals surface area contributed by atoms with Gasteiger partial charge in [0.25, 0.3) is 0 Å². The van der Waals surface area contributed by atoms with E-state index in [2.05, 4.69) is 6.58 Å². The summed E-state index contributed by atoms with van der Waals surface area (Å²) in [5.74, 6) is 0.546. The number of carbonyl (C=O) groups excluding carboxylic acids is 1. The van der Waals surface area contributed by atoms with E-state index in [1.807, 2.05) is 25.1 Å². The summed E-state index contributed by atoms with van der Waals surface area (Å²) in [4.78, 5) is 10.6. The Kier molecular flexibility index (Phi) is 3.26. The van der Waals surface area contributed by atoms with Crippen LogP contribution in [-0.4, -0.2) is 12.9 Å². The molecule has 0 N–H and O–H groups in total. The molecule has 1 rings (SSSR count). The molecule has 0 heterocycles. The van der Waals surface area contributed by atoms with Gasteiger partial charge in [0.15, 0.2) is 6.29 Å². The minimum atomic E-state index is 0.546. The normalized spacial score (nSPS) is 9.31. The Morgan fingerprint density at radius 2 is 2.23 bits per heavy atom. The monoisotopic (exact) mass is 176 g/mol. The molecule has 0 aliphatic rings. The highest BCUT2D eigenvalue weighted by Gasteiger charge is 2.04. The summed E-state index contributed by atoms with van der Waals surface area (Å²) in [5.41, 5.74) is 1.38. The van der Waals surface area contributed by atoms with E-state index < -0.39 is 0 Å². The lowest BCUT2D eigenvalue weighted by Crippen LogP contribution is -1.94. The zero-order chi connectivity index (χ0) is 9.68. The third kappa shape index (κ3) is 2.18. The van der Waals surface area contributed by atoms with Crippen LogP contribution in [-0.2, 0) is 4.74 Å². The van der Waals surface area contributed by atoms with Crippen LogP contribution in [0.15, 0.2) is 30.8 Å². The zero-order valence-corrected chi connectivity index (χ0v) is 7.62. The number of rotatable bonds is 4. The van der Waals surface area contributed by atoms with Gasteiger partial charge >= 0.3 is 0 Å². The van der Waals surface area contributed by atoms with Gasteiger partial charge in [0.05, 0.1) is 6.61 Å². The van der Waals surface area contributed by atoms with E-state index in [1.54, 1.807) is 6.07 Å². The molecule has 1 aromatic carbocycles. The lowest BCUT2D eigenvalue weighted by Gasteiger charge is -2.08. The molecular weight excluding hydrogens is 164 g/mol. The summed E-state index contributed by atoms with van der Waals surface area (Å²) in [5, 5.41) is 0. The van der Waals surface area contributed by atoms with Crippen molar-refractivity contribution in [3.05, 3.63) is 42.0 Å². The SMILES string of the molecule is C=C(OCC)c1ccccc1C=O. The quantitative estimate of drug-likeness (QED) is 0.520. The molecule has 2 nitrogen and oxygen atoms in total. The van der Waals surface area contributed by atoms with Gasteiger partial charge in [-0.05, 0) is 6.92 Å². The molecule has 0 unspecified atom stereocenters. The van der Waals surface area contributed by atoms with Crippen LogP contribution in [0.4, 0.5) is 0 Å². The predicted molar refractivity (Wildman–Crippen MR) is 52.5 cm³/mol. The van der Waals surface area contributed by atoms with Gasteiger partial charge in [-0.1, -0.05) is 30.8 Å². The molecule has 0 amide bonds. The maximum absolute atomic E-state index is 10.6. The molecule has 0 saturated heterocycles. The minimum absolute atomic E-state index is 0.546. The van der Waals surface area contributed by atoms with Gasteiger partial charge in [-0.25, -0.2) is 0 Å². The van der Waals surface area contributed by atoms with E-state index in [4.69, 9.17) is 4.74 Å². The maximum Gasteiger partial charge on any atom is 0.150 e. The van der Waals surface area contributed by atoms with Crippen molar-refractivity contribution in [1.29, 1.82) is 0 Å². The van der Waals surface area contributed by atoms with Crippen LogP contribution >= 0.6 is 0 Å². The standard InChI is InChI=1S/C11H12O2/c1-3-13-9(2)11-7-5-4-6-10(11)8-12/h4-8H,2-3H2,1H3. The third-order valence-corrected chi connectivity index (χ3v) is 1.71. The smallest absolute Gasteiger partial charge is 0.150 e. The molecule has 0 aliphatic heterocycles. The molecule has 68 valence electrons. The second-order valence-electron chi connectivity index (χ2n) is 2.56. The topological polar surface area (TPSA) is 26.3 Å². The van der Waals surface area contributed by atoms with Crippen molar-refractivity contribution in [3.63, 3.8) is 0 Å². The van der Waals surface area contributed by atoms with E-state index in [9.17, 15) is 4.79 Å². The molecule has 0 saturated carbocycles. The number of benzene rings is 1. The van der Waals surface area contributed by atoms with Crippen molar-refractivity contribution in [2.24, 2.45) is 0 Å². The van der Waals surface area contributed by atoms with Gasteiger partial charge < -0.3 is 4.74 Å². The Hall–Kier alpha value is -1.57. The Bertz CT molecular complexity index is 316. The number of aldehydes is 1. The zero-order valence-electron chi connectivity index (χ0n) is 7.62. The lowest BCUT2D eigenvalue weighted by atomic mass is 10.1. The van der Waals surface area contributed by atoms with Gasteiger partial charge in [-0.3, -0.25) is 4.79 Å². The average Bonchev–Trinajstić information content (AvgIpc) is 2.18. The van der Waals surface area contributed by atoms with E-state index in [0.717, 1.165) is 11.8 Å². The minimum Gasteiger partial charge on any atom is -0.494 e. The van der Waals surface area contributed by atoms with Crippen LogP contribution in [0.2, 0.25) is 0 Å². The summed E-state index contributed by atoms with van der Waals surface area (Å²) in [6.07, 6.45) is 0.805. The highest BCUT2D eigenvalue weighted by molar-refractivity contribution is 5.83. The molecule has 0 spiro atoms. The van der Waals surface area contributed by atoms with Crippen molar-refractivity contribution in [2.45, 2.75) is 6.92 Å². The first kappa shape index (κ1) is 9.52. The molecule has 0 atom stereocenters. The van der Waals surface area contributed by atoms with Crippen molar-refractivity contribution in [1.82, 2.24) is 0 Å². The van der Waals surface area contributed by atoms with Gasteiger partial charge in [0.1, 0.15) is 5.76 Å². The Morgan fingerprint density at radius 1 is 1.54 bits per heavy atom. The van der Waals surface area contributed by atoms with E-state index in [-0.39, 0.29) is 0 Å². The van der Waals surface area contributed by atoms with Crippen LogP contribution in [0.5, 0.6) is 0 Å². The second-order valence-corrected chi connectivity index (χ2v) is 2.56. The molecule has 13 heavy (non-hydrogen) atoms. The molecule has 0 bridgehead atoms. The first-order valence-electron chi connectivity index (χ1n) is 4.16. The molecule has 0 fully saturated rings. The number of carbonyl (C=O) groups is 1. The summed E-state index contributed by atoms with van der Waals surface area (Å²) in [6, 6.07) is 7.23. The number of hydrogen-bond acceptors (Lipinski definition) is 2. The lowest BCUT2D eigenvalue weighted by molar-refractivity contribution is 0.112. The molecular formula is C11H12O2. The number of hydrogen-bond donors (Lipinski definition) is 0. The van der Waals surface area contributed by atoms with Crippen LogP contribution in [0, 0.1) is 0 Å². The highest BCUT2D eigenvalue weighted by Crippen LogP contribution is 2.16. The summed E-state index contributed by atoms with van der Waals surface area (Å²) in [7, 11) is 0. The van der Waals surface area contributed by atoms with Gasteiger partial charge in [-0.15, -0.1) is 0 Å². The van der Waals surface area contributed by atoms with Crippen molar-refractivity contribution in [2.75, 3.05) is 6.61 Å². The molecule has 2 heteroatoms. The van der Waals surface area contributed by atoms with Gasteiger partial charge in [0, 0.05) is 11.1 Å². The first-order chi connectivity index (χ1) is 6.29. The highest BCUT2D eigenvalue weighted by atomic mass is 16.5. The van der Waals surface area contributed by atoms with Crippen molar-refractivity contribution >= 4 is 12.0 Å².